The van der Waals surface area contributed by atoms with E-state index in [0.717, 1.165) is 43.8 Å². The lowest BCUT2D eigenvalue weighted by atomic mass is 10.0. The topological polar surface area (TPSA) is 74.2 Å². The number of nitrogens with one attached hydrogen (secondary N) is 1. The lowest BCUT2D eigenvalue weighted by Crippen LogP contribution is -2.34. The highest BCUT2D eigenvalue weighted by Crippen LogP contribution is 2.24. The molecule has 2 aromatic carbocycles. The molecule has 2 aliphatic rings. The molecule has 0 amide bonds. The van der Waals surface area contributed by atoms with E-state index in [2.05, 4.69) is 15.1 Å². The molecule has 2 fully saturated rings. The standard InChI is InChI=1S/C26H30N6O/c33-23(20-10-4-1-5-11-20)21-12-14-22(15-13-21)27-24-28-25(31-16-6-2-7-17-31)30-26(29-24)32-18-8-3-9-19-32/h1,4-5,10-15H,2-3,6-9,16-19H2,(H,27,28,29,30). The van der Waals surface area contributed by atoms with Crippen LogP contribution >= 0.6 is 0 Å². The Morgan fingerprint density at radius 2 is 1.15 bits per heavy atom. The van der Waals surface area contributed by atoms with Crippen molar-refractivity contribution in [3.8, 4) is 0 Å². The summed E-state index contributed by atoms with van der Waals surface area (Å²) in [6.45, 7) is 3.94. The van der Waals surface area contributed by atoms with Gasteiger partial charge in [0.05, 0.1) is 0 Å². The number of piperidine rings is 2. The number of aromatic nitrogens is 3. The van der Waals surface area contributed by atoms with Gasteiger partial charge in [0.15, 0.2) is 5.78 Å². The van der Waals surface area contributed by atoms with Crippen molar-refractivity contribution in [3.63, 3.8) is 0 Å². The van der Waals surface area contributed by atoms with Gasteiger partial charge in [-0.15, -0.1) is 0 Å². The summed E-state index contributed by atoms with van der Waals surface area (Å²) >= 11 is 0. The molecule has 0 aliphatic carbocycles. The fraction of sp³-hybridized carbons (Fsp3) is 0.385. The number of hydrogen-bond acceptors (Lipinski definition) is 7. The van der Waals surface area contributed by atoms with E-state index in [1.165, 1.54) is 38.5 Å². The molecule has 2 saturated heterocycles. The highest BCUT2D eigenvalue weighted by molar-refractivity contribution is 6.09. The Kier molecular flexibility index (Phi) is 6.46. The molecule has 3 heterocycles. The van der Waals surface area contributed by atoms with Crippen molar-refractivity contribution in [1.82, 2.24) is 15.0 Å². The highest BCUT2D eigenvalue weighted by atomic mass is 16.1. The van der Waals surface area contributed by atoms with Crippen molar-refractivity contribution >= 4 is 29.3 Å². The summed E-state index contributed by atoms with van der Waals surface area (Å²) in [5.41, 5.74) is 2.19. The van der Waals surface area contributed by atoms with Crippen LogP contribution in [0.3, 0.4) is 0 Å². The highest BCUT2D eigenvalue weighted by Gasteiger charge is 2.20. The number of rotatable bonds is 6. The van der Waals surface area contributed by atoms with Crippen LogP contribution in [0.5, 0.6) is 0 Å². The smallest absolute Gasteiger partial charge is 0.233 e. The first-order chi connectivity index (χ1) is 16.3. The van der Waals surface area contributed by atoms with Crippen LogP contribution in [0.2, 0.25) is 0 Å². The predicted octanol–water partition coefficient (Wildman–Crippen LogP) is 4.83. The molecule has 0 unspecified atom stereocenters. The molecule has 0 saturated carbocycles. The van der Waals surface area contributed by atoms with Crippen molar-refractivity contribution in [1.29, 1.82) is 0 Å². The van der Waals surface area contributed by atoms with Gasteiger partial charge in [-0.3, -0.25) is 4.79 Å². The molecular weight excluding hydrogens is 412 g/mol. The number of carbonyl (C=O) groups excluding carboxylic acids is 1. The first kappa shape index (κ1) is 21.4. The SMILES string of the molecule is O=C(c1ccccc1)c1ccc(Nc2nc(N3CCCCC3)nc(N3CCCCC3)n2)cc1. The van der Waals surface area contributed by atoms with E-state index in [1.54, 1.807) is 0 Å². The number of benzene rings is 2. The second-order valence-electron chi connectivity index (χ2n) is 8.75. The first-order valence-electron chi connectivity index (χ1n) is 12.0. The summed E-state index contributed by atoms with van der Waals surface area (Å²) in [4.78, 5) is 31.6. The van der Waals surface area contributed by atoms with Crippen LogP contribution in [0.15, 0.2) is 54.6 Å². The zero-order valence-electron chi connectivity index (χ0n) is 18.9. The van der Waals surface area contributed by atoms with Crippen molar-refractivity contribution in [2.45, 2.75) is 38.5 Å². The maximum atomic E-state index is 12.7. The van der Waals surface area contributed by atoms with E-state index >= 15 is 0 Å². The molecule has 1 N–H and O–H groups in total. The Balaban J connectivity index is 1.38. The fourth-order valence-electron chi connectivity index (χ4n) is 4.47. The van der Waals surface area contributed by atoms with Crippen molar-refractivity contribution in [2.24, 2.45) is 0 Å². The van der Waals surface area contributed by atoms with Crippen LogP contribution in [0.25, 0.3) is 0 Å². The van der Waals surface area contributed by atoms with Gasteiger partial charge in [-0.25, -0.2) is 0 Å². The zero-order chi connectivity index (χ0) is 22.5. The molecule has 2 aliphatic heterocycles. The van der Waals surface area contributed by atoms with Gasteiger partial charge < -0.3 is 15.1 Å². The van der Waals surface area contributed by atoms with Crippen LogP contribution in [-0.4, -0.2) is 46.9 Å². The minimum atomic E-state index is 0.0158. The molecular formula is C26H30N6O. The number of ketones is 1. The molecule has 0 atom stereocenters. The minimum Gasteiger partial charge on any atom is -0.341 e. The number of hydrogen-bond donors (Lipinski definition) is 1. The Morgan fingerprint density at radius 3 is 1.70 bits per heavy atom. The summed E-state index contributed by atoms with van der Waals surface area (Å²) in [7, 11) is 0. The van der Waals surface area contributed by atoms with E-state index < -0.39 is 0 Å². The van der Waals surface area contributed by atoms with Gasteiger partial charge in [-0.2, -0.15) is 15.0 Å². The average molecular weight is 443 g/mol. The molecule has 5 rings (SSSR count). The van der Waals surface area contributed by atoms with E-state index in [1.807, 2.05) is 54.6 Å². The molecule has 0 spiro atoms. The molecule has 3 aromatic rings. The molecule has 1 aromatic heterocycles. The number of anilines is 4. The maximum Gasteiger partial charge on any atom is 0.233 e. The van der Waals surface area contributed by atoms with E-state index in [9.17, 15) is 4.79 Å². The Bertz CT molecular complexity index is 1040. The van der Waals surface area contributed by atoms with Crippen LogP contribution in [0.4, 0.5) is 23.5 Å². The van der Waals surface area contributed by atoms with E-state index in [-0.39, 0.29) is 5.78 Å². The van der Waals surface area contributed by atoms with Crippen molar-refractivity contribution in [2.75, 3.05) is 41.3 Å². The Hall–Kier alpha value is -3.48. The minimum absolute atomic E-state index is 0.0158. The zero-order valence-corrected chi connectivity index (χ0v) is 18.9. The summed E-state index contributed by atoms with van der Waals surface area (Å²) in [5.74, 6) is 2.07. The third-order valence-electron chi connectivity index (χ3n) is 6.33. The summed E-state index contributed by atoms with van der Waals surface area (Å²) in [5, 5.41) is 3.34. The van der Waals surface area contributed by atoms with Gasteiger partial charge in [0.2, 0.25) is 17.8 Å². The monoisotopic (exact) mass is 442 g/mol. The lowest BCUT2D eigenvalue weighted by molar-refractivity contribution is 0.103. The quantitative estimate of drug-likeness (QED) is 0.548. The Morgan fingerprint density at radius 1 is 0.636 bits per heavy atom. The van der Waals surface area contributed by atoms with Crippen LogP contribution < -0.4 is 15.1 Å². The molecule has 7 heteroatoms. The normalized spacial score (nSPS) is 16.5. The van der Waals surface area contributed by atoms with Gasteiger partial charge in [0, 0.05) is 43.0 Å². The molecule has 0 radical (unpaired) electrons. The van der Waals surface area contributed by atoms with Gasteiger partial charge in [-0.05, 0) is 62.8 Å². The maximum absolute atomic E-state index is 12.7. The van der Waals surface area contributed by atoms with Gasteiger partial charge in [0.1, 0.15) is 0 Å². The van der Waals surface area contributed by atoms with Crippen LogP contribution in [-0.2, 0) is 0 Å². The number of nitrogens with zero attached hydrogens (tertiary/aromatic N) is 5. The predicted molar refractivity (Wildman–Crippen MR) is 132 cm³/mol. The van der Waals surface area contributed by atoms with E-state index in [4.69, 9.17) is 15.0 Å². The van der Waals surface area contributed by atoms with Crippen molar-refractivity contribution in [3.05, 3.63) is 65.7 Å². The molecule has 7 nitrogen and oxygen atoms in total. The molecule has 33 heavy (non-hydrogen) atoms. The lowest BCUT2D eigenvalue weighted by Gasteiger charge is -2.30. The summed E-state index contributed by atoms with van der Waals surface area (Å²) < 4.78 is 0. The molecule has 170 valence electrons. The largest absolute Gasteiger partial charge is 0.341 e. The van der Waals surface area contributed by atoms with Gasteiger partial charge in [0.25, 0.3) is 0 Å². The van der Waals surface area contributed by atoms with Crippen LogP contribution in [0, 0.1) is 0 Å². The van der Waals surface area contributed by atoms with Crippen LogP contribution in [0.1, 0.15) is 54.4 Å². The second-order valence-corrected chi connectivity index (χ2v) is 8.75. The number of carbonyl (C=O) groups is 1. The van der Waals surface area contributed by atoms with Crippen molar-refractivity contribution < 1.29 is 4.79 Å². The second kappa shape index (κ2) is 9.98. The third-order valence-corrected chi connectivity index (χ3v) is 6.33. The summed E-state index contributed by atoms with van der Waals surface area (Å²) in [6.07, 6.45) is 7.21. The average Bonchev–Trinajstić information content (AvgIpc) is 2.90. The van der Waals surface area contributed by atoms with Gasteiger partial charge in [-0.1, -0.05) is 30.3 Å². The molecule has 0 bridgehead atoms. The fourth-order valence-corrected chi connectivity index (χ4v) is 4.47. The third kappa shape index (κ3) is 5.13. The van der Waals surface area contributed by atoms with Gasteiger partial charge >= 0.3 is 0 Å². The summed E-state index contributed by atoms with van der Waals surface area (Å²) in [6, 6.07) is 16.8. The first-order valence-corrected chi connectivity index (χ1v) is 12.0. The Labute approximate surface area is 194 Å². The van der Waals surface area contributed by atoms with E-state index in [0.29, 0.717) is 17.1 Å².